The summed E-state index contributed by atoms with van der Waals surface area (Å²) in [7, 11) is 0. The lowest BCUT2D eigenvalue weighted by Crippen LogP contribution is -2.20. The molecule has 1 aromatic heterocycles. The van der Waals surface area contributed by atoms with Crippen LogP contribution in [0.3, 0.4) is 0 Å². The number of nitrogens with zero attached hydrogens (tertiary/aromatic N) is 3. The van der Waals surface area contributed by atoms with Crippen molar-refractivity contribution in [1.82, 2.24) is 14.8 Å². The number of hydrogen-bond acceptors (Lipinski definition) is 5. The highest BCUT2D eigenvalue weighted by atomic mass is 16.5. The Bertz CT molecular complexity index is 595. The van der Waals surface area contributed by atoms with Crippen molar-refractivity contribution in [2.75, 3.05) is 13.2 Å². The van der Waals surface area contributed by atoms with E-state index in [0.717, 1.165) is 29.7 Å². The van der Waals surface area contributed by atoms with Crippen LogP contribution in [-0.4, -0.2) is 28.0 Å². The van der Waals surface area contributed by atoms with Crippen LogP contribution in [0.15, 0.2) is 24.3 Å². The molecule has 0 N–H and O–H groups in total. The zero-order chi connectivity index (χ0) is 14.7. The molecule has 0 saturated carbocycles. The fraction of sp³-hybridized carbons (Fsp3) is 0.467. The van der Waals surface area contributed by atoms with E-state index in [1.807, 2.05) is 38.1 Å². The second kappa shape index (κ2) is 6.13. The average Bonchev–Trinajstić information content (AvgIpc) is 2.93. The molecule has 0 saturated heterocycles. The third-order valence-corrected chi connectivity index (χ3v) is 3.36. The lowest BCUT2D eigenvalue weighted by Gasteiger charge is -2.19. The average molecular weight is 289 g/mol. The van der Waals surface area contributed by atoms with Crippen LogP contribution >= 0.6 is 0 Å². The molecule has 1 unspecified atom stereocenters. The molecule has 0 radical (unpaired) electrons. The third-order valence-electron chi connectivity index (χ3n) is 3.36. The van der Waals surface area contributed by atoms with Crippen molar-refractivity contribution in [3.8, 4) is 11.5 Å². The van der Waals surface area contributed by atoms with Crippen LogP contribution in [0, 0.1) is 0 Å². The summed E-state index contributed by atoms with van der Waals surface area (Å²) in [5.41, 5.74) is 0. The number of hydrogen-bond donors (Lipinski definition) is 0. The van der Waals surface area contributed by atoms with Crippen molar-refractivity contribution in [3.63, 3.8) is 0 Å². The molecule has 112 valence electrons. The summed E-state index contributed by atoms with van der Waals surface area (Å²) in [6, 6.07) is 7.60. The van der Waals surface area contributed by atoms with Crippen LogP contribution in [0.25, 0.3) is 0 Å². The van der Waals surface area contributed by atoms with Crippen LogP contribution in [-0.2, 0) is 17.9 Å². The highest BCUT2D eigenvalue weighted by Crippen LogP contribution is 2.24. The van der Waals surface area contributed by atoms with Gasteiger partial charge in [0, 0.05) is 6.54 Å². The van der Waals surface area contributed by atoms with E-state index in [9.17, 15) is 0 Å². The molecule has 0 aliphatic carbocycles. The van der Waals surface area contributed by atoms with E-state index in [4.69, 9.17) is 14.2 Å². The minimum absolute atomic E-state index is 0.165. The quantitative estimate of drug-likeness (QED) is 0.845. The Hall–Kier alpha value is -2.08. The normalized spacial score (nSPS) is 15.3. The highest BCUT2D eigenvalue weighted by Gasteiger charge is 2.21. The van der Waals surface area contributed by atoms with Crippen molar-refractivity contribution in [2.45, 2.75) is 33.1 Å². The molecule has 6 heteroatoms. The summed E-state index contributed by atoms with van der Waals surface area (Å²) in [6.45, 7) is 6.57. The second-order valence-corrected chi connectivity index (χ2v) is 4.84. The molecule has 1 aliphatic heterocycles. The van der Waals surface area contributed by atoms with Gasteiger partial charge in [-0.05, 0) is 38.1 Å². The molecule has 0 fully saturated rings. The van der Waals surface area contributed by atoms with E-state index < -0.39 is 0 Å². The second-order valence-electron chi connectivity index (χ2n) is 4.84. The summed E-state index contributed by atoms with van der Waals surface area (Å²) in [5, 5.41) is 8.37. The van der Waals surface area contributed by atoms with Crippen molar-refractivity contribution in [2.24, 2.45) is 0 Å². The van der Waals surface area contributed by atoms with Gasteiger partial charge in [-0.25, -0.2) is 0 Å². The van der Waals surface area contributed by atoms with Gasteiger partial charge < -0.3 is 18.8 Å². The number of fused-ring (bicyclic) bond motifs is 1. The molecule has 1 aliphatic rings. The number of ether oxygens (including phenoxy) is 3. The van der Waals surface area contributed by atoms with Crippen LogP contribution in [0.2, 0.25) is 0 Å². The molecular formula is C15H19N3O3. The number of benzene rings is 1. The van der Waals surface area contributed by atoms with Crippen LogP contribution in [0.5, 0.6) is 11.5 Å². The first-order valence-electron chi connectivity index (χ1n) is 7.17. The fourth-order valence-electron chi connectivity index (χ4n) is 2.36. The maximum absolute atomic E-state index is 5.94. The van der Waals surface area contributed by atoms with Gasteiger partial charge in [-0.2, -0.15) is 0 Å². The Morgan fingerprint density at radius 2 is 2.00 bits per heavy atom. The molecule has 2 aromatic rings. The van der Waals surface area contributed by atoms with E-state index in [2.05, 4.69) is 14.8 Å². The molecule has 1 atom stereocenters. The van der Waals surface area contributed by atoms with Crippen molar-refractivity contribution < 1.29 is 14.2 Å². The zero-order valence-corrected chi connectivity index (χ0v) is 12.3. The largest absolute Gasteiger partial charge is 0.494 e. The number of rotatable bonds is 5. The lowest BCUT2D eigenvalue weighted by atomic mass is 10.3. The Labute approximate surface area is 123 Å². The lowest BCUT2D eigenvalue weighted by molar-refractivity contribution is 0.0778. The van der Waals surface area contributed by atoms with Gasteiger partial charge >= 0.3 is 0 Å². The molecule has 0 amide bonds. The van der Waals surface area contributed by atoms with E-state index in [-0.39, 0.29) is 6.10 Å². The first-order chi connectivity index (χ1) is 10.3. The van der Waals surface area contributed by atoms with Crippen molar-refractivity contribution in [3.05, 3.63) is 35.9 Å². The fourth-order valence-corrected chi connectivity index (χ4v) is 2.36. The minimum Gasteiger partial charge on any atom is -0.494 e. The SMILES string of the molecule is CCOc1ccc(OC(C)c2nnc3n2CCOC3)cc1. The topological polar surface area (TPSA) is 58.4 Å². The van der Waals surface area contributed by atoms with Gasteiger partial charge in [0.15, 0.2) is 17.8 Å². The summed E-state index contributed by atoms with van der Waals surface area (Å²) in [5.74, 6) is 3.32. The van der Waals surface area contributed by atoms with E-state index in [0.29, 0.717) is 19.8 Å². The highest BCUT2D eigenvalue weighted by molar-refractivity contribution is 5.31. The van der Waals surface area contributed by atoms with Gasteiger partial charge in [-0.3, -0.25) is 0 Å². The molecule has 0 bridgehead atoms. The van der Waals surface area contributed by atoms with E-state index in [1.165, 1.54) is 0 Å². The molecule has 0 spiro atoms. The molecule has 21 heavy (non-hydrogen) atoms. The first kappa shape index (κ1) is 13.9. The Balaban J connectivity index is 1.71. The Morgan fingerprint density at radius 3 is 2.76 bits per heavy atom. The van der Waals surface area contributed by atoms with Gasteiger partial charge in [-0.15, -0.1) is 10.2 Å². The third kappa shape index (κ3) is 3.00. The molecule has 2 heterocycles. The Morgan fingerprint density at radius 1 is 1.24 bits per heavy atom. The molecule has 3 rings (SSSR count). The maximum atomic E-state index is 5.94. The van der Waals surface area contributed by atoms with Gasteiger partial charge in [0.05, 0.1) is 13.2 Å². The zero-order valence-electron chi connectivity index (χ0n) is 12.3. The van der Waals surface area contributed by atoms with E-state index >= 15 is 0 Å². The van der Waals surface area contributed by atoms with Gasteiger partial charge in [0.25, 0.3) is 0 Å². The molecule has 1 aromatic carbocycles. The summed E-state index contributed by atoms with van der Waals surface area (Å²) in [6.07, 6.45) is -0.165. The maximum Gasteiger partial charge on any atom is 0.174 e. The van der Waals surface area contributed by atoms with Gasteiger partial charge in [-0.1, -0.05) is 0 Å². The van der Waals surface area contributed by atoms with Gasteiger partial charge in [0.2, 0.25) is 0 Å². The van der Waals surface area contributed by atoms with Crippen LogP contribution < -0.4 is 9.47 Å². The van der Waals surface area contributed by atoms with Gasteiger partial charge in [0.1, 0.15) is 18.1 Å². The molecule has 6 nitrogen and oxygen atoms in total. The first-order valence-corrected chi connectivity index (χ1v) is 7.17. The monoisotopic (exact) mass is 289 g/mol. The van der Waals surface area contributed by atoms with E-state index in [1.54, 1.807) is 0 Å². The predicted molar refractivity (Wildman–Crippen MR) is 76.3 cm³/mol. The van der Waals surface area contributed by atoms with Crippen LogP contribution in [0.1, 0.15) is 31.6 Å². The summed E-state index contributed by atoms with van der Waals surface area (Å²) in [4.78, 5) is 0. The number of aromatic nitrogens is 3. The van der Waals surface area contributed by atoms with Crippen molar-refractivity contribution in [1.29, 1.82) is 0 Å². The predicted octanol–water partition coefficient (Wildman–Crippen LogP) is 2.35. The van der Waals surface area contributed by atoms with Crippen LogP contribution in [0.4, 0.5) is 0 Å². The molecular weight excluding hydrogens is 270 g/mol. The standard InChI is InChI=1S/C15H19N3O3/c1-3-20-12-4-6-13(7-5-12)21-11(2)15-17-16-14-10-19-9-8-18(14)15/h4-7,11H,3,8-10H2,1-2H3. The summed E-state index contributed by atoms with van der Waals surface area (Å²) >= 11 is 0. The van der Waals surface area contributed by atoms with Crippen molar-refractivity contribution >= 4 is 0 Å². The minimum atomic E-state index is -0.165. The smallest absolute Gasteiger partial charge is 0.174 e. The Kier molecular flexibility index (Phi) is 4.06. The summed E-state index contributed by atoms with van der Waals surface area (Å²) < 4.78 is 18.8.